The topological polar surface area (TPSA) is 33.7 Å². The molecule has 0 bridgehead atoms. The van der Waals surface area contributed by atoms with Crippen LogP contribution in [-0.4, -0.2) is 45.8 Å². The third-order valence-corrected chi connectivity index (χ3v) is 3.54. The number of nitrogens with zero attached hydrogens (tertiary/aromatic N) is 1. The maximum atomic E-state index is 5.83. The molecule has 0 aliphatic heterocycles. The molecule has 0 aliphatic rings. The Hall–Kier alpha value is -0.780. The number of hydrogen-bond donors (Lipinski definition) is 1. The third-order valence-electron chi connectivity index (χ3n) is 2.96. The molecule has 0 unspecified atom stereocenters. The lowest BCUT2D eigenvalue weighted by atomic mass is 10.2. The molecule has 0 spiro atoms. The molecule has 0 radical (unpaired) electrons. The molecule has 0 fully saturated rings. The van der Waals surface area contributed by atoms with Gasteiger partial charge in [-0.3, -0.25) is 0 Å². The van der Waals surface area contributed by atoms with E-state index in [1.165, 1.54) is 5.56 Å². The second-order valence-electron chi connectivity index (χ2n) is 5.79. The van der Waals surface area contributed by atoms with Gasteiger partial charge in [-0.1, -0.05) is 13.8 Å². The summed E-state index contributed by atoms with van der Waals surface area (Å²) in [6, 6.07) is 4.12. The highest BCUT2D eigenvalue weighted by Crippen LogP contribution is 2.36. The molecular formula is C16H27BrN2O2. The summed E-state index contributed by atoms with van der Waals surface area (Å²) in [5.41, 5.74) is 1.18. The Kier molecular flexibility index (Phi) is 8.07. The van der Waals surface area contributed by atoms with Crippen molar-refractivity contribution >= 4 is 15.9 Å². The summed E-state index contributed by atoms with van der Waals surface area (Å²) in [6.45, 7) is 7.72. The van der Waals surface area contributed by atoms with Crippen LogP contribution in [0.25, 0.3) is 0 Å². The first kappa shape index (κ1) is 18.3. The molecule has 0 saturated heterocycles. The normalized spacial score (nSPS) is 11.2. The van der Waals surface area contributed by atoms with Gasteiger partial charge in [0.25, 0.3) is 0 Å². The Morgan fingerprint density at radius 2 is 2.00 bits per heavy atom. The van der Waals surface area contributed by atoms with Crippen LogP contribution in [0.3, 0.4) is 0 Å². The minimum Gasteiger partial charge on any atom is -0.493 e. The summed E-state index contributed by atoms with van der Waals surface area (Å²) in [6.07, 6.45) is 0. The van der Waals surface area contributed by atoms with E-state index in [1.54, 1.807) is 7.11 Å². The summed E-state index contributed by atoms with van der Waals surface area (Å²) in [4.78, 5) is 2.09. The van der Waals surface area contributed by atoms with Gasteiger partial charge in [-0.2, -0.15) is 0 Å². The second kappa shape index (κ2) is 9.28. The van der Waals surface area contributed by atoms with Crippen LogP contribution < -0.4 is 14.8 Å². The van der Waals surface area contributed by atoms with E-state index in [0.717, 1.165) is 35.6 Å². The van der Waals surface area contributed by atoms with E-state index in [1.807, 2.05) is 20.2 Å². The molecule has 1 rings (SSSR count). The maximum Gasteiger partial charge on any atom is 0.175 e. The highest BCUT2D eigenvalue weighted by Gasteiger charge is 2.12. The van der Waals surface area contributed by atoms with Crippen molar-refractivity contribution in [3.63, 3.8) is 0 Å². The zero-order chi connectivity index (χ0) is 15.8. The molecule has 0 aromatic heterocycles. The highest BCUT2D eigenvalue weighted by atomic mass is 79.9. The van der Waals surface area contributed by atoms with Gasteiger partial charge in [0.2, 0.25) is 0 Å². The van der Waals surface area contributed by atoms with Crippen molar-refractivity contribution < 1.29 is 9.47 Å². The van der Waals surface area contributed by atoms with Crippen LogP contribution in [-0.2, 0) is 6.54 Å². The van der Waals surface area contributed by atoms with Crippen molar-refractivity contribution in [3.8, 4) is 11.5 Å². The monoisotopic (exact) mass is 358 g/mol. The lowest BCUT2D eigenvalue weighted by Gasteiger charge is -2.16. The minimum atomic E-state index is 0.632. The Morgan fingerprint density at radius 1 is 1.29 bits per heavy atom. The van der Waals surface area contributed by atoms with Crippen molar-refractivity contribution in [2.24, 2.45) is 5.92 Å². The quantitative estimate of drug-likeness (QED) is 0.735. The molecule has 0 heterocycles. The fourth-order valence-corrected chi connectivity index (χ4v) is 2.45. The van der Waals surface area contributed by atoms with Crippen LogP contribution in [0.4, 0.5) is 0 Å². The number of rotatable bonds is 9. The molecule has 120 valence electrons. The van der Waals surface area contributed by atoms with E-state index in [2.05, 4.69) is 46.1 Å². The molecule has 1 aromatic rings. The first-order chi connectivity index (χ1) is 9.93. The summed E-state index contributed by atoms with van der Waals surface area (Å²) in [5.74, 6) is 2.18. The average molecular weight is 359 g/mol. The molecule has 0 amide bonds. The minimum absolute atomic E-state index is 0.632. The largest absolute Gasteiger partial charge is 0.493 e. The van der Waals surface area contributed by atoms with E-state index >= 15 is 0 Å². The van der Waals surface area contributed by atoms with Gasteiger partial charge in [-0.05, 0) is 60.2 Å². The van der Waals surface area contributed by atoms with E-state index in [0.29, 0.717) is 12.5 Å². The molecule has 4 nitrogen and oxygen atoms in total. The summed E-state index contributed by atoms with van der Waals surface area (Å²) >= 11 is 3.58. The average Bonchev–Trinajstić information content (AvgIpc) is 2.39. The van der Waals surface area contributed by atoms with Crippen molar-refractivity contribution in [2.75, 3.05) is 40.9 Å². The number of likely N-dealkylation sites (N-methyl/N-ethyl adjacent to an activating group) is 1. The number of benzene rings is 1. The van der Waals surface area contributed by atoms with Crippen molar-refractivity contribution in [1.29, 1.82) is 0 Å². The Labute approximate surface area is 136 Å². The maximum absolute atomic E-state index is 5.83. The summed E-state index contributed by atoms with van der Waals surface area (Å²) in [5, 5.41) is 3.43. The highest BCUT2D eigenvalue weighted by molar-refractivity contribution is 9.10. The molecule has 1 aromatic carbocycles. The predicted octanol–water partition coefficient (Wildman–Crippen LogP) is 3.14. The van der Waals surface area contributed by atoms with Crippen molar-refractivity contribution in [3.05, 3.63) is 22.2 Å². The molecule has 0 saturated carbocycles. The van der Waals surface area contributed by atoms with Gasteiger partial charge in [0.05, 0.1) is 11.6 Å². The van der Waals surface area contributed by atoms with E-state index in [4.69, 9.17) is 9.47 Å². The lowest BCUT2D eigenvalue weighted by molar-refractivity contribution is 0.249. The van der Waals surface area contributed by atoms with Gasteiger partial charge in [0.15, 0.2) is 11.5 Å². The van der Waals surface area contributed by atoms with Gasteiger partial charge >= 0.3 is 0 Å². The number of methoxy groups -OCH3 is 1. The van der Waals surface area contributed by atoms with E-state index in [9.17, 15) is 0 Å². The van der Waals surface area contributed by atoms with Crippen LogP contribution in [0.15, 0.2) is 16.6 Å². The molecular weight excluding hydrogens is 332 g/mol. The SMILES string of the molecule is COc1cc(CNCC(C)C)cc(Br)c1OCCN(C)C. The van der Waals surface area contributed by atoms with Gasteiger partial charge in [-0.25, -0.2) is 0 Å². The molecule has 0 atom stereocenters. The Bertz CT molecular complexity index is 437. The Balaban J connectivity index is 2.72. The zero-order valence-electron chi connectivity index (χ0n) is 13.7. The van der Waals surface area contributed by atoms with Gasteiger partial charge in [-0.15, -0.1) is 0 Å². The van der Waals surface area contributed by atoms with Gasteiger partial charge in [0, 0.05) is 13.1 Å². The van der Waals surface area contributed by atoms with Gasteiger partial charge in [0.1, 0.15) is 6.61 Å². The smallest absolute Gasteiger partial charge is 0.175 e. The van der Waals surface area contributed by atoms with Crippen LogP contribution >= 0.6 is 15.9 Å². The second-order valence-corrected chi connectivity index (χ2v) is 6.64. The van der Waals surface area contributed by atoms with E-state index < -0.39 is 0 Å². The van der Waals surface area contributed by atoms with Crippen LogP contribution in [0.1, 0.15) is 19.4 Å². The van der Waals surface area contributed by atoms with Gasteiger partial charge < -0.3 is 19.7 Å². The van der Waals surface area contributed by atoms with E-state index in [-0.39, 0.29) is 0 Å². The molecule has 1 N–H and O–H groups in total. The number of nitrogens with one attached hydrogen (secondary N) is 1. The number of hydrogen-bond acceptors (Lipinski definition) is 4. The third kappa shape index (κ3) is 6.68. The molecule has 21 heavy (non-hydrogen) atoms. The zero-order valence-corrected chi connectivity index (χ0v) is 15.3. The molecule has 0 aliphatic carbocycles. The standard InChI is InChI=1S/C16H27BrN2O2/c1-12(2)10-18-11-13-8-14(17)16(15(9-13)20-5)21-7-6-19(3)4/h8-9,12,18H,6-7,10-11H2,1-5H3. The molecule has 5 heteroatoms. The first-order valence-electron chi connectivity index (χ1n) is 7.28. The summed E-state index contributed by atoms with van der Waals surface area (Å²) < 4.78 is 12.2. The Morgan fingerprint density at radius 3 is 2.57 bits per heavy atom. The fraction of sp³-hybridized carbons (Fsp3) is 0.625. The lowest BCUT2D eigenvalue weighted by Crippen LogP contribution is -2.20. The summed E-state index contributed by atoms with van der Waals surface area (Å²) in [7, 11) is 5.73. The van der Waals surface area contributed by atoms with Crippen molar-refractivity contribution in [2.45, 2.75) is 20.4 Å². The fourth-order valence-electron chi connectivity index (χ4n) is 1.85. The first-order valence-corrected chi connectivity index (χ1v) is 8.08. The number of ether oxygens (including phenoxy) is 2. The predicted molar refractivity (Wildman–Crippen MR) is 91.3 cm³/mol. The van der Waals surface area contributed by atoms with Crippen LogP contribution in [0.5, 0.6) is 11.5 Å². The van der Waals surface area contributed by atoms with Crippen LogP contribution in [0.2, 0.25) is 0 Å². The van der Waals surface area contributed by atoms with Crippen molar-refractivity contribution in [1.82, 2.24) is 10.2 Å². The van der Waals surface area contributed by atoms with Crippen LogP contribution in [0, 0.1) is 5.92 Å². The number of halogens is 1.